The van der Waals surface area contributed by atoms with Crippen molar-refractivity contribution < 1.29 is 32.2 Å². The van der Waals surface area contributed by atoms with Crippen LogP contribution in [-0.4, -0.2) is 12.1 Å². The number of ether oxygens (including phenoxy) is 2. The third kappa shape index (κ3) is 5.73. The van der Waals surface area contributed by atoms with E-state index >= 15 is 0 Å². The molecule has 4 aromatic rings. The fourth-order valence-corrected chi connectivity index (χ4v) is 4.82. The Morgan fingerprint density at radius 3 is 2.32 bits per heavy atom. The number of hydrogen-bond acceptors (Lipinski definition) is 5. The second kappa shape index (κ2) is 10.7. The summed E-state index contributed by atoms with van der Waals surface area (Å²) in [6.45, 7) is 1.52. The number of hydrogen-bond donors (Lipinski definition) is 1. The maximum Gasteiger partial charge on any atom is 0.412 e. The molecule has 1 heterocycles. The third-order valence-corrected chi connectivity index (χ3v) is 7.06. The maximum absolute atomic E-state index is 14.4. The Bertz CT molecular complexity index is 1500. The largest absolute Gasteiger partial charge is 0.441 e. The molecule has 1 aliphatic rings. The molecule has 0 spiro atoms. The van der Waals surface area contributed by atoms with Crippen LogP contribution in [0.1, 0.15) is 31.4 Å². The summed E-state index contributed by atoms with van der Waals surface area (Å²) < 4.78 is 51.9. The molecule has 0 bridgehead atoms. The highest BCUT2D eigenvalue weighted by Crippen LogP contribution is 2.42. The minimum atomic E-state index is -1.05. The zero-order valence-electron chi connectivity index (χ0n) is 20.2. The first kappa shape index (κ1) is 25.5. The van der Waals surface area contributed by atoms with Gasteiger partial charge in [-0.25, -0.2) is 13.6 Å². The van der Waals surface area contributed by atoms with Crippen LogP contribution in [0.2, 0.25) is 0 Å². The van der Waals surface area contributed by atoms with Gasteiger partial charge in [0, 0.05) is 11.6 Å². The SMILES string of the molecule is CC(OC(=O)Nc1cc(F)sc1-c1ccccc1-c1ccc(OC(=O)C2CC2)cc1)c1ccc(F)c(F)c1. The quantitative estimate of drug-likeness (QED) is 0.191. The molecule has 3 aromatic carbocycles. The van der Waals surface area contributed by atoms with E-state index in [1.807, 2.05) is 30.3 Å². The molecule has 1 amide bonds. The van der Waals surface area contributed by atoms with Crippen LogP contribution in [0.5, 0.6) is 5.75 Å². The summed E-state index contributed by atoms with van der Waals surface area (Å²) in [4.78, 5) is 25.0. The average molecular weight is 538 g/mol. The minimum Gasteiger partial charge on any atom is -0.441 e. The van der Waals surface area contributed by atoms with Crippen molar-refractivity contribution in [3.63, 3.8) is 0 Å². The number of rotatable bonds is 7. The molecular weight excluding hydrogens is 515 g/mol. The van der Waals surface area contributed by atoms with Crippen LogP contribution >= 0.6 is 11.3 Å². The highest BCUT2D eigenvalue weighted by molar-refractivity contribution is 7.14. The van der Waals surface area contributed by atoms with Crippen LogP contribution in [-0.2, 0) is 9.53 Å². The van der Waals surface area contributed by atoms with Gasteiger partial charge in [-0.1, -0.05) is 42.5 Å². The summed E-state index contributed by atoms with van der Waals surface area (Å²) >= 11 is 0.861. The van der Waals surface area contributed by atoms with Crippen LogP contribution in [0.15, 0.2) is 72.8 Å². The number of thiophene rings is 1. The molecule has 0 aliphatic heterocycles. The molecular formula is C29H22F3NO4S. The molecule has 0 saturated heterocycles. The zero-order chi connectivity index (χ0) is 26.8. The molecule has 9 heteroatoms. The van der Waals surface area contributed by atoms with Gasteiger partial charge in [0.1, 0.15) is 11.9 Å². The van der Waals surface area contributed by atoms with Gasteiger partial charge in [0.2, 0.25) is 0 Å². The van der Waals surface area contributed by atoms with Crippen molar-refractivity contribution in [3.05, 3.63) is 95.1 Å². The van der Waals surface area contributed by atoms with E-state index in [0.29, 0.717) is 16.2 Å². The number of nitrogens with one attached hydrogen (secondary N) is 1. The fourth-order valence-electron chi connectivity index (χ4n) is 3.94. The van der Waals surface area contributed by atoms with Crippen molar-refractivity contribution in [2.75, 3.05) is 5.32 Å². The smallest absolute Gasteiger partial charge is 0.412 e. The lowest BCUT2D eigenvalue weighted by molar-refractivity contribution is -0.135. The average Bonchev–Trinajstić information content (AvgIpc) is 3.69. The predicted molar refractivity (Wildman–Crippen MR) is 138 cm³/mol. The first-order chi connectivity index (χ1) is 18.3. The van der Waals surface area contributed by atoms with Crippen LogP contribution in [0.3, 0.4) is 0 Å². The number of esters is 1. The van der Waals surface area contributed by atoms with E-state index in [9.17, 15) is 22.8 Å². The van der Waals surface area contributed by atoms with Gasteiger partial charge in [0.15, 0.2) is 16.8 Å². The van der Waals surface area contributed by atoms with Crippen LogP contribution in [0.25, 0.3) is 21.6 Å². The molecule has 1 unspecified atom stereocenters. The fraction of sp³-hybridized carbons (Fsp3) is 0.172. The van der Waals surface area contributed by atoms with Gasteiger partial charge < -0.3 is 9.47 Å². The van der Waals surface area contributed by atoms with E-state index in [4.69, 9.17) is 9.47 Å². The third-order valence-electron chi connectivity index (χ3n) is 6.10. The molecule has 1 aromatic heterocycles. The minimum absolute atomic E-state index is 0.0124. The molecule has 1 atom stereocenters. The molecule has 5 nitrogen and oxygen atoms in total. The van der Waals surface area contributed by atoms with Gasteiger partial charge in [0.05, 0.1) is 16.5 Å². The number of amides is 1. The molecule has 38 heavy (non-hydrogen) atoms. The number of benzene rings is 3. The van der Waals surface area contributed by atoms with Gasteiger partial charge in [0.25, 0.3) is 0 Å². The lowest BCUT2D eigenvalue weighted by Crippen LogP contribution is -2.16. The summed E-state index contributed by atoms with van der Waals surface area (Å²) in [6, 6.07) is 18.8. The van der Waals surface area contributed by atoms with E-state index < -0.39 is 29.0 Å². The molecule has 1 fully saturated rings. The van der Waals surface area contributed by atoms with Crippen molar-refractivity contribution in [2.24, 2.45) is 5.92 Å². The Morgan fingerprint density at radius 2 is 1.63 bits per heavy atom. The highest BCUT2D eigenvalue weighted by Gasteiger charge is 2.31. The standard InChI is InChI=1S/C29H22F3NO4S/c1-16(19-10-13-23(30)24(31)14-19)36-29(35)33-25-15-26(32)38-27(25)22-5-3-2-4-21(22)17-8-11-20(12-9-17)37-28(34)18-6-7-18/h2-5,8-16,18H,6-7H2,1H3,(H,33,35). The molecule has 5 rings (SSSR count). The summed E-state index contributed by atoms with van der Waals surface area (Å²) in [6.07, 6.45) is -0.0395. The van der Waals surface area contributed by atoms with Gasteiger partial charge in [-0.05, 0) is 60.7 Å². The first-order valence-corrected chi connectivity index (χ1v) is 12.7. The first-order valence-electron chi connectivity index (χ1n) is 11.9. The molecule has 194 valence electrons. The number of halogens is 3. The van der Waals surface area contributed by atoms with Gasteiger partial charge >= 0.3 is 12.1 Å². The number of carbonyl (C=O) groups excluding carboxylic acids is 2. The monoisotopic (exact) mass is 537 g/mol. The van der Waals surface area contributed by atoms with E-state index in [1.165, 1.54) is 19.1 Å². The number of anilines is 1. The Morgan fingerprint density at radius 1 is 0.921 bits per heavy atom. The van der Waals surface area contributed by atoms with Crippen molar-refractivity contribution in [1.29, 1.82) is 0 Å². The van der Waals surface area contributed by atoms with Crippen molar-refractivity contribution in [2.45, 2.75) is 25.9 Å². The van der Waals surface area contributed by atoms with Gasteiger partial charge in [-0.2, -0.15) is 4.39 Å². The van der Waals surface area contributed by atoms with Gasteiger partial charge in [-0.15, -0.1) is 11.3 Å². The van der Waals surface area contributed by atoms with E-state index in [0.717, 1.165) is 47.4 Å². The Hall–Kier alpha value is -4.11. The molecule has 1 N–H and O–H groups in total. The number of carbonyl (C=O) groups is 2. The molecule has 0 radical (unpaired) electrons. The van der Waals surface area contributed by atoms with Gasteiger partial charge in [-0.3, -0.25) is 10.1 Å². The predicted octanol–water partition coefficient (Wildman–Crippen LogP) is 8.12. The Balaban J connectivity index is 1.35. The maximum atomic E-state index is 14.4. The van der Waals surface area contributed by atoms with E-state index in [1.54, 1.807) is 18.2 Å². The second-order valence-electron chi connectivity index (χ2n) is 8.90. The topological polar surface area (TPSA) is 64.6 Å². The highest BCUT2D eigenvalue weighted by atomic mass is 32.1. The van der Waals surface area contributed by atoms with Crippen LogP contribution in [0, 0.1) is 22.7 Å². The van der Waals surface area contributed by atoms with Crippen LogP contribution in [0.4, 0.5) is 23.7 Å². The second-order valence-corrected chi connectivity index (χ2v) is 9.91. The van der Waals surface area contributed by atoms with E-state index in [2.05, 4.69) is 5.32 Å². The lowest BCUT2D eigenvalue weighted by atomic mass is 9.98. The van der Waals surface area contributed by atoms with Crippen molar-refractivity contribution >= 4 is 29.1 Å². The summed E-state index contributed by atoms with van der Waals surface area (Å²) in [5.74, 6) is -1.84. The molecule has 1 aliphatic carbocycles. The van der Waals surface area contributed by atoms with E-state index in [-0.39, 0.29) is 23.1 Å². The summed E-state index contributed by atoms with van der Waals surface area (Å²) in [5.41, 5.74) is 2.74. The van der Waals surface area contributed by atoms with Crippen molar-refractivity contribution in [1.82, 2.24) is 0 Å². The van der Waals surface area contributed by atoms with Crippen LogP contribution < -0.4 is 10.1 Å². The summed E-state index contributed by atoms with van der Waals surface area (Å²) in [7, 11) is 0. The zero-order valence-corrected chi connectivity index (χ0v) is 21.0. The normalized spacial score (nSPS) is 13.6. The lowest BCUT2D eigenvalue weighted by Gasteiger charge is -2.15. The summed E-state index contributed by atoms with van der Waals surface area (Å²) in [5, 5.41) is 2.05. The Kier molecular flexibility index (Phi) is 7.20. The molecule has 1 saturated carbocycles. The Labute approximate surface area is 220 Å². The van der Waals surface area contributed by atoms with Crippen molar-refractivity contribution in [3.8, 4) is 27.3 Å².